The first kappa shape index (κ1) is 16.0. The Balaban J connectivity index is 1.69. The standard InChI is InChI=1S/C19H14ClN3OS/c1-23-11-12(13-6-2-5-9-16(13)23)10-17-18(24)22-19(25-17)21-15-8-4-3-7-14(15)20/h2-11H,1H3,(H,21,22,24). The van der Waals surface area contributed by atoms with E-state index in [1.165, 1.54) is 11.8 Å². The minimum atomic E-state index is -0.149. The number of rotatable bonds is 2. The summed E-state index contributed by atoms with van der Waals surface area (Å²) in [6, 6.07) is 15.4. The Labute approximate surface area is 154 Å². The van der Waals surface area contributed by atoms with Gasteiger partial charge in [-0.3, -0.25) is 4.79 Å². The monoisotopic (exact) mass is 367 g/mol. The molecule has 2 aromatic carbocycles. The second-order valence-electron chi connectivity index (χ2n) is 5.65. The first-order chi connectivity index (χ1) is 12.1. The molecule has 1 saturated heterocycles. The van der Waals surface area contributed by atoms with Crippen LogP contribution in [0.15, 0.2) is 64.6 Å². The van der Waals surface area contributed by atoms with Crippen molar-refractivity contribution in [2.75, 3.05) is 0 Å². The molecule has 6 heteroatoms. The molecule has 1 N–H and O–H groups in total. The highest BCUT2D eigenvalue weighted by atomic mass is 35.5. The summed E-state index contributed by atoms with van der Waals surface area (Å²) < 4.78 is 2.05. The van der Waals surface area contributed by atoms with E-state index in [0.717, 1.165) is 16.5 Å². The van der Waals surface area contributed by atoms with Crippen LogP contribution in [0.3, 0.4) is 0 Å². The Kier molecular flexibility index (Phi) is 4.11. The Bertz CT molecular complexity index is 1050. The van der Waals surface area contributed by atoms with Crippen LogP contribution >= 0.6 is 23.4 Å². The van der Waals surface area contributed by atoms with E-state index >= 15 is 0 Å². The third-order valence-electron chi connectivity index (χ3n) is 3.94. The highest BCUT2D eigenvalue weighted by Gasteiger charge is 2.24. The average Bonchev–Trinajstić information content (AvgIpc) is 3.11. The summed E-state index contributed by atoms with van der Waals surface area (Å²) in [5, 5.41) is 4.99. The van der Waals surface area contributed by atoms with E-state index in [9.17, 15) is 4.79 Å². The number of carbonyl (C=O) groups is 1. The highest BCUT2D eigenvalue weighted by Crippen LogP contribution is 2.32. The maximum atomic E-state index is 12.3. The fourth-order valence-corrected chi connectivity index (χ4v) is 3.77. The van der Waals surface area contributed by atoms with Gasteiger partial charge in [0.15, 0.2) is 5.17 Å². The zero-order valence-electron chi connectivity index (χ0n) is 13.4. The summed E-state index contributed by atoms with van der Waals surface area (Å²) in [6.07, 6.45) is 3.92. The molecule has 124 valence electrons. The number of hydrogen-bond acceptors (Lipinski definition) is 3. The molecular formula is C19H14ClN3OS. The van der Waals surface area contributed by atoms with Gasteiger partial charge in [-0.25, -0.2) is 4.99 Å². The maximum absolute atomic E-state index is 12.3. The van der Waals surface area contributed by atoms with Crippen molar-refractivity contribution >= 4 is 57.1 Å². The van der Waals surface area contributed by atoms with Crippen LogP contribution < -0.4 is 5.32 Å². The molecule has 0 saturated carbocycles. The smallest absolute Gasteiger partial charge is 0.264 e. The zero-order valence-corrected chi connectivity index (χ0v) is 14.9. The quantitative estimate of drug-likeness (QED) is 0.666. The first-order valence-electron chi connectivity index (χ1n) is 7.70. The number of amides is 1. The SMILES string of the molecule is Cn1cc(C=C2SC(=Nc3ccccc3Cl)NC2=O)c2ccccc21. The number of aryl methyl sites for hydroxylation is 1. The van der Waals surface area contributed by atoms with Crippen molar-refractivity contribution in [3.63, 3.8) is 0 Å². The molecular weight excluding hydrogens is 354 g/mol. The Hall–Kier alpha value is -2.50. The maximum Gasteiger partial charge on any atom is 0.264 e. The van der Waals surface area contributed by atoms with E-state index in [4.69, 9.17) is 11.6 Å². The van der Waals surface area contributed by atoms with E-state index in [2.05, 4.69) is 27.0 Å². The number of halogens is 1. The lowest BCUT2D eigenvalue weighted by atomic mass is 10.1. The number of nitrogens with zero attached hydrogens (tertiary/aromatic N) is 2. The molecule has 1 aliphatic heterocycles. The molecule has 0 atom stereocenters. The third-order valence-corrected chi connectivity index (χ3v) is 5.17. The van der Waals surface area contributed by atoms with Crippen LogP contribution in [-0.2, 0) is 11.8 Å². The van der Waals surface area contributed by atoms with Crippen LogP contribution in [0.2, 0.25) is 5.02 Å². The second kappa shape index (κ2) is 6.43. The zero-order chi connectivity index (χ0) is 17.4. The molecule has 0 aliphatic carbocycles. The van der Waals surface area contributed by atoms with Crippen LogP contribution in [0.25, 0.3) is 17.0 Å². The molecule has 2 heterocycles. The van der Waals surface area contributed by atoms with Crippen molar-refractivity contribution in [3.05, 3.63) is 70.2 Å². The van der Waals surface area contributed by atoms with E-state index in [1.54, 1.807) is 6.07 Å². The molecule has 0 spiro atoms. The van der Waals surface area contributed by atoms with Gasteiger partial charge in [0.25, 0.3) is 5.91 Å². The second-order valence-corrected chi connectivity index (χ2v) is 7.08. The topological polar surface area (TPSA) is 46.4 Å². The summed E-state index contributed by atoms with van der Waals surface area (Å²) in [5.41, 5.74) is 2.77. The molecule has 0 unspecified atom stereocenters. The Morgan fingerprint density at radius 3 is 2.76 bits per heavy atom. The third kappa shape index (κ3) is 3.08. The fraction of sp³-hybridized carbons (Fsp3) is 0.0526. The van der Waals surface area contributed by atoms with Gasteiger partial charge in [0, 0.05) is 29.7 Å². The van der Waals surface area contributed by atoms with E-state index in [-0.39, 0.29) is 5.91 Å². The van der Waals surface area contributed by atoms with Gasteiger partial charge in [0.05, 0.1) is 15.6 Å². The molecule has 1 aromatic heterocycles. The number of aromatic nitrogens is 1. The van der Waals surface area contributed by atoms with Crippen molar-refractivity contribution in [1.29, 1.82) is 0 Å². The lowest BCUT2D eigenvalue weighted by Gasteiger charge is -1.98. The van der Waals surface area contributed by atoms with Crippen LogP contribution in [0.4, 0.5) is 5.69 Å². The molecule has 1 aliphatic rings. The van der Waals surface area contributed by atoms with Gasteiger partial charge in [-0.05, 0) is 36.0 Å². The van der Waals surface area contributed by atoms with Crippen LogP contribution in [0.1, 0.15) is 5.56 Å². The molecule has 25 heavy (non-hydrogen) atoms. The normalized spacial score (nSPS) is 17.6. The number of hydrogen-bond donors (Lipinski definition) is 1. The number of thioether (sulfide) groups is 1. The predicted octanol–water partition coefficient (Wildman–Crippen LogP) is 4.72. The van der Waals surface area contributed by atoms with Crippen LogP contribution in [0, 0.1) is 0 Å². The molecule has 4 rings (SSSR count). The number of aliphatic imine (C=N–C) groups is 1. The van der Waals surface area contributed by atoms with Crippen LogP contribution in [-0.4, -0.2) is 15.6 Å². The summed E-state index contributed by atoms with van der Waals surface area (Å²) in [5.74, 6) is -0.149. The number of carbonyl (C=O) groups excluding carboxylic acids is 1. The minimum absolute atomic E-state index is 0.149. The molecule has 1 fully saturated rings. The summed E-state index contributed by atoms with van der Waals surface area (Å²) in [4.78, 5) is 17.3. The summed E-state index contributed by atoms with van der Waals surface area (Å²) >= 11 is 7.44. The predicted molar refractivity (Wildman–Crippen MR) is 105 cm³/mol. The number of amidine groups is 1. The van der Waals surface area contributed by atoms with Crippen molar-refractivity contribution in [3.8, 4) is 0 Å². The van der Waals surface area contributed by atoms with Gasteiger partial charge in [0.2, 0.25) is 0 Å². The van der Waals surface area contributed by atoms with E-state index < -0.39 is 0 Å². The van der Waals surface area contributed by atoms with Gasteiger partial charge in [-0.1, -0.05) is 41.9 Å². The lowest BCUT2D eigenvalue weighted by molar-refractivity contribution is -0.115. The molecule has 4 nitrogen and oxygen atoms in total. The fourth-order valence-electron chi connectivity index (χ4n) is 2.76. The van der Waals surface area contributed by atoms with Gasteiger partial charge in [0.1, 0.15) is 0 Å². The molecule has 0 radical (unpaired) electrons. The highest BCUT2D eigenvalue weighted by molar-refractivity contribution is 8.18. The Morgan fingerprint density at radius 2 is 1.92 bits per heavy atom. The van der Waals surface area contributed by atoms with Crippen LogP contribution in [0.5, 0.6) is 0 Å². The van der Waals surface area contributed by atoms with E-state index in [0.29, 0.717) is 20.8 Å². The molecule has 1 amide bonds. The first-order valence-corrected chi connectivity index (χ1v) is 8.89. The minimum Gasteiger partial charge on any atom is -0.350 e. The largest absolute Gasteiger partial charge is 0.350 e. The van der Waals surface area contributed by atoms with Gasteiger partial charge in [-0.15, -0.1) is 0 Å². The summed E-state index contributed by atoms with van der Waals surface area (Å²) in [6.45, 7) is 0. The summed E-state index contributed by atoms with van der Waals surface area (Å²) in [7, 11) is 2.00. The Morgan fingerprint density at radius 1 is 1.16 bits per heavy atom. The number of benzene rings is 2. The van der Waals surface area contributed by atoms with Gasteiger partial charge in [-0.2, -0.15) is 0 Å². The number of nitrogens with one attached hydrogen (secondary N) is 1. The van der Waals surface area contributed by atoms with Crippen molar-refractivity contribution in [2.24, 2.45) is 12.0 Å². The van der Waals surface area contributed by atoms with Crippen molar-refractivity contribution in [1.82, 2.24) is 9.88 Å². The van der Waals surface area contributed by atoms with E-state index in [1.807, 2.05) is 49.7 Å². The van der Waals surface area contributed by atoms with Crippen molar-refractivity contribution < 1.29 is 4.79 Å². The molecule has 0 bridgehead atoms. The number of fused-ring (bicyclic) bond motifs is 1. The average molecular weight is 368 g/mol. The van der Waals surface area contributed by atoms with Gasteiger partial charge < -0.3 is 9.88 Å². The van der Waals surface area contributed by atoms with Gasteiger partial charge >= 0.3 is 0 Å². The lowest BCUT2D eigenvalue weighted by Crippen LogP contribution is -2.19. The molecule has 3 aromatic rings. The number of para-hydroxylation sites is 2. The van der Waals surface area contributed by atoms with Crippen molar-refractivity contribution in [2.45, 2.75) is 0 Å².